The summed E-state index contributed by atoms with van der Waals surface area (Å²) in [7, 11) is 4.23. The number of carbonyl (C=O) groups excluding carboxylic acids is 2. The minimum Gasteiger partial charge on any atom is -0.341 e. The van der Waals surface area contributed by atoms with Crippen LogP contribution in [0.3, 0.4) is 0 Å². The van der Waals surface area contributed by atoms with Crippen LogP contribution >= 0.6 is 0 Å². The summed E-state index contributed by atoms with van der Waals surface area (Å²) < 4.78 is 0. The standard InChI is InChI=1S/C20H38N4O2.C4H10/c1-16(2)14-18-20(26)24(13-9-21-18)15-19(25)23-11-7-17(8-12-23)6-5-10-22(3)4;1-4(2)3/h16-18,21H,5-15H2,1-4H3;4H,1-3H3. The van der Waals surface area contributed by atoms with Gasteiger partial charge in [-0.25, -0.2) is 0 Å². The van der Waals surface area contributed by atoms with Gasteiger partial charge in [-0.3, -0.25) is 9.59 Å². The molecule has 0 saturated carbocycles. The van der Waals surface area contributed by atoms with Crippen molar-refractivity contribution in [3.63, 3.8) is 0 Å². The van der Waals surface area contributed by atoms with Gasteiger partial charge in [-0.2, -0.15) is 0 Å². The van der Waals surface area contributed by atoms with Crippen LogP contribution in [0.5, 0.6) is 0 Å². The van der Waals surface area contributed by atoms with Crippen molar-refractivity contribution in [2.45, 2.75) is 72.8 Å². The summed E-state index contributed by atoms with van der Waals surface area (Å²) in [6.07, 6.45) is 5.53. The van der Waals surface area contributed by atoms with Gasteiger partial charge in [-0.05, 0) is 70.5 Å². The summed E-state index contributed by atoms with van der Waals surface area (Å²) in [5.41, 5.74) is 0. The van der Waals surface area contributed by atoms with E-state index in [0.29, 0.717) is 12.5 Å². The Bertz CT molecular complexity index is 497. The lowest BCUT2D eigenvalue weighted by Crippen LogP contribution is -2.57. The molecule has 0 aromatic rings. The average molecular weight is 425 g/mol. The lowest BCUT2D eigenvalue weighted by atomic mass is 9.92. The quantitative estimate of drug-likeness (QED) is 0.651. The highest BCUT2D eigenvalue weighted by molar-refractivity contribution is 5.88. The van der Waals surface area contributed by atoms with E-state index >= 15 is 0 Å². The molecule has 0 spiro atoms. The Morgan fingerprint density at radius 1 is 1.10 bits per heavy atom. The number of nitrogens with zero attached hydrogens (tertiary/aromatic N) is 3. The first-order valence-electron chi connectivity index (χ1n) is 12.0. The molecule has 0 aliphatic carbocycles. The zero-order chi connectivity index (χ0) is 22.7. The molecule has 1 N–H and O–H groups in total. The lowest BCUT2D eigenvalue weighted by molar-refractivity contribution is -0.144. The maximum absolute atomic E-state index is 12.7. The van der Waals surface area contributed by atoms with Gasteiger partial charge in [-0.15, -0.1) is 0 Å². The number of rotatable bonds is 8. The maximum atomic E-state index is 12.7. The predicted molar refractivity (Wildman–Crippen MR) is 125 cm³/mol. The number of amides is 2. The van der Waals surface area contributed by atoms with Crippen molar-refractivity contribution >= 4 is 11.8 Å². The number of hydrogen-bond acceptors (Lipinski definition) is 4. The molecular weight excluding hydrogens is 376 g/mol. The number of likely N-dealkylation sites (tertiary alicyclic amines) is 1. The van der Waals surface area contributed by atoms with E-state index in [1.807, 2.05) is 4.90 Å². The van der Waals surface area contributed by atoms with Gasteiger partial charge in [0.2, 0.25) is 11.8 Å². The molecule has 176 valence electrons. The van der Waals surface area contributed by atoms with Crippen molar-refractivity contribution in [1.82, 2.24) is 20.0 Å². The third-order valence-corrected chi connectivity index (χ3v) is 5.60. The smallest absolute Gasteiger partial charge is 0.242 e. The van der Waals surface area contributed by atoms with Gasteiger partial charge in [0.15, 0.2) is 0 Å². The Hall–Kier alpha value is -1.14. The van der Waals surface area contributed by atoms with Crippen molar-refractivity contribution in [3.8, 4) is 0 Å². The van der Waals surface area contributed by atoms with Crippen LogP contribution in [0.4, 0.5) is 0 Å². The fourth-order valence-corrected chi connectivity index (χ4v) is 4.03. The number of nitrogens with one attached hydrogen (secondary N) is 1. The summed E-state index contributed by atoms with van der Waals surface area (Å²) in [5.74, 6) is 2.26. The van der Waals surface area contributed by atoms with Crippen molar-refractivity contribution in [2.24, 2.45) is 17.8 Å². The summed E-state index contributed by atoms with van der Waals surface area (Å²) in [6, 6.07) is -0.126. The molecule has 2 saturated heterocycles. The second-order valence-corrected chi connectivity index (χ2v) is 10.4. The Morgan fingerprint density at radius 2 is 1.70 bits per heavy atom. The Kier molecular flexibility index (Phi) is 12.6. The van der Waals surface area contributed by atoms with E-state index in [1.54, 1.807) is 4.90 Å². The fourth-order valence-electron chi connectivity index (χ4n) is 4.03. The third-order valence-electron chi connectivity index (χ3n) is 5.60. The summed E-state index contributed by atoms with van der Waals surface area (Å²) >= 11 is 0. The van der Waals surface area contributed by atoms with Crippen LogP contribution in [0, 0.1) is 17.8 Å². The molecule has 2 aliphatic rings. The normalized spacial score (nSPS) is 20.7. The molecule has 0 bridgehead atoms. The Balaban J connectivity index is 0.00000103. The molecular formula is C24H48N4O2. The van der Waals surface area contributed by atoms with E-state index in [9.17, 15) is 9.59 Å². The van der Waals surface area contributed by atoms with Crippen LogP contribution in [-0.4, -0.2) is 85.9 Å². The second kappa shape index (κ2) is 14.0. The topological polar surface area (TPSA) is 55.9 Å². The molecule has 1 unspecified atom stereocenters. The second-order valence-electron chi connectivity index (χ2n) is 10.4. The first-order chi connectivity index (χ1) is 14.1. The Morgan fingerprint density at radius 3 is 2.23 bits per heavy atom. The largest absolute Gasteiger partial charge is 0.341 e. The zero-order valence-corrected chi connectivity index (χ0v) is 20.7. The van der Waals surface area contributed by atoms with Crippen molar-refractivity contribution < 1.29 is 9.59 Å². The lowest BCUT2D eigenvalue weighted by Gasteiger charge is -2.37. The molecule has 0 aromatic heterocycles. The number of piperidine rings is 1. The highest BCUT2D eigenvalue weighted by Gasteiger charge is 2.31. The van der Waals surface area contributed by atoms with E-state index in [-0.39, 0.29) is 24.4 Å². The monoisotopic (exact) mass is 424 g/mol. The highest BCUT2D eigenvalue weighted by Crippen LogP contribution is 2.22. The number of piperazine rings is 1. The van der Waals surface area contributed by atoms with Crippen LogP contribution in [-0.2, 0) is 9.59 Å². The fraction of sp³-hybridized carbons (Fsp3) is 0.917. The van der Waals surface area contributed by atoms with Crippen LogP contribution in [0.1, 0.15) is 66.7 Å². The number of hydrogen-bond donors (Lipinski definition) is 1. The maximum Gasteiger partial charge on any atom is 0.242 e. The molecule has 2 aliphatic heterocycles. The van der Waals surface area contributed by atoms with Gasteiger partial charge < -0.3 is 20.0 Å². The van der Waals surface area contributed by atoms with Gasteiger partial charge in [-0.1, -0.05) is 34.6 Å². The molecule has 0 aromatic carbocycles. The Labute approximate surface area is 185 Å². The third kappa shape index (κ3) is 10.8. The van der Waals surface area contributed by atoms with E-state index in [0.717, 1.165) is 57.3 Å². The van der Waals surface area contributed by atoms with Crippen molar-refractivity contribution in [3.05, 3.63) is 0 Å². The van der Waals surface area contributed by atoms with Crippen LogP contribution in [0.15, 0.2) is 0 Å². The summed E-state index contributed by atoms with van der Waals surface area (Å²) in [6.45, 7) is 15.3. The zero-order valence-electron chi connectivity index (χ0n) is 20.7. The molecule has 1 atom stereocenters. The van der Waals surface area contributed by atoms with Gasteiger partial charge in [0.1, 0.15) is 0 Å². The molecule has 6 nitrogen and oxygen atoms in total. The molecule has 2 amide bonds. The average Bonchev–Trinajstić information content (AvgIpc) is 2.64. The summed E-state index contributed by atoms with van der Waals surface area (Å²) in [4.78, 5) is 31.2. The van der Waals surface area contributed by atoms with E-state index in [1.165, 1.54) is 12.8 Å². The molecule has 30 heavy (non-hydrogen) atoms. The minimum absolute atomic E-state index is 0.0943. The summed E-state index contributed by atoms with van der Waals surface area (Å²) in [5, 5.41) is 3.30. The molecule has 6 heteroatoms. The van der Waals surface area contributed by atoms with Crippen LogP contribution in [0.25, 0.3) is 0 Å². The molecule has 2 rings (SSSR count). The minimum atomic E-state index is -0.126. The van der Waals surface area contributed by atoms with Gasteiger partial charge in [0, 0.05) is 26.2 Å². The van der Waals surface area contributed by atoms with E-state index in [2.05, 4.69) is 58.9 Å². The van der Waals surface area contributed by atoms with Crippen molar-refractivity contribution in [1.29, 1.82) is 0 Å². The van der Waals surface area contributed by atoms with Crippen LogP contribution in [0.2, 0.25) is 0 Å². The highest BCUT2D eigenvalue weighted by atomic mass is 16.2. The molecule has 2 heterocycles. The number of carbonyl (C=O) groups is 2. The van der Waals surface area contributed by atoms with Crippen molar-refractivity contribution in [2.75, 3.05) is 53.4 Å². The van der Waals surface area contributed by atoms with Crippen LogP contribution < -0.4 is 5.32 Å². The molecule has 2 fully saturated rings. The first kappa shape index (κ1) is 26.9. The predicted octanol–water partition coefficient (Wildman–Crippen LogP) is 3.08. The first-order valence-corrected chi connectivity index (χ1v) is 12.0. The van der Waals surface area contributed by atoms with Gasteiger partial charge in [0.05, 0.1) is 12.6 Å². The SMILES string of the molecule is CC(C)C.CC(C)CC1NCCN(CC(=O)N2CCC(CCCN(C)C)CC2)C1=O. The van der Waals surface area contributed by atoms with Gasteiger partial charge in [0.25, 0.3) is 0 Å². The van der Waals surface area contributed by atoms with E-state index in [4.69, 9.17) is 0 Å². The van der Waals surface area contributed by atoms with Gasteiger partial charge >= 0.3 is 0 Å². The van der Waals surface area contributed by atoms with E-state index < -0.39 is 0 Å². The molecule has 0 radical (unpaired) electrons.